The lowest BCUT2D eigenvalue weighted by molar-refractivity contribution is -0.938. The fraction of sp³-hybridized carbons (Fsp3) is 0.387. The van der Waals surface area contributed by atoms with Crippen molar-refractivity contribution in [3.63, 3.8) is 0 Å². The van der Waals surface area contributed by atoms with Crippen molar-refractivity contribution in [1.29, 1.82) is 0 Å². The second-order valence-corrected chi connectivity index (χ2v) is 13.2. The molecule has 3 heterocycles. The smallest absolute Gasteiger partial charge is 0.321 e. The maximum atomic E-state index is 13.6. The number of morpholine rings is 1. The molecular formula is C31H33NO6S. The predicted octanol–water partition coefficient (Wildman–Crippen LogP) is 4.17. The summed E-state index contributed by atoms with van der Waals surface area (Å²) in [5.41, 5.74) is 4.59. The highest BCUT2D eigenvalue weighted by Crippen LogP contribution is 2.53. The molecule has 1 aliphatic carbocycles. The summed E-state index contributed by atoms with van der Waals surface area (Å²) in [5.74, 6) is -0.115. The van der Waals surface area contributed by atoms with E-state index < -0.39 is 15.5 Å². The Balaban J connectivity index is 0.000000213. The lowest BCUT2D eigenvalue weighted by atomic mass is 9.80. The number of piperidine rings is 1. The highest BCUT2D eigenvalue weighted by Gasteiger charge is 2.71. The number of nitrogens with zero attached hydrogens (tertiary/aromatic N) is 1. The molecule has 3 saturated heterocycles. The Labute approximate surface area is 229 Å². The molecule has 4 unspecified atom stereocenters. The summed E-state index contributed by atoms with van der Waals surface area (Å²) in [4.78, 5) is 13.4. The van der Waals surface area contributed by atoms with Crippen molar-refractivity contribution in [2.45, 2.75) is 67.4 Å². The number of hydrogen-bond donors (Lipinski definition) is 0. The first-order valence-corrected chi connectivity index (χ1v) is 14.7. The van der Waals surface area contributed by atoms with E-state index in [9.17, 15) is 17.8 Å². The Morgan fingerprint density at radius 1 is 0.897 bits per heavy atom. The fourth-order valence-corrected chi connectivity index (χ4v) is 7.42. The van der Waals surface area contributed by atoms with Gasteiger partial charge in [-0.2, -0.15) is 0 Å². The quantitative estimate of drug-likeness (QED) is 0.211. The standard InChI is InChI=1S/C24H26NO3.C7H8O3S/c1-24(17-10-6-4-8-15(17)16-9-5-7-11-18(16)24)23(26)27-14-12-19-21-22(28-21)20(13-14)25(19,2)3;1-6-2-4-7(5-3-6)11(8,9)10/h4-11,14,19-22H,12-13H2,1-3H3;2-5H,1H3,(H,8,9,10)/q+1;/p-1. The number of fused-ring (bicyclic) bond motifs is 8. The molecule has 0 spiro atoms. The zero-order chi connectivity index (χ0) is 27.7. The number of hydrogen-bond acceptors (Lipinski definition) is 6. The van der Waals surface area contributed by atoms with E-state index in [1.54, 1.807) is 12.1 Å². The molecule has 3 aromatic rings. The van der Waals surface area contributed by atoms with Crippen molar-refractivity contribution in [3.05, 3.63) is 89.5 Å². The summed E-state index contributed by atoms with van der Waals surface area (Å²) in [6, 6.07) is 23.1. The number of epoxide rings is 1. The van der Waals surface area contributed by atoms with Crippen molar-refractivity contribution >= 4 is 16.1 Å². The van der Waals surface area contributed by atoms with E-state index >= 15 is 0 Å². The van der Waals surface area contributed by atoms with Gasteiger partial charge in [-0.15, -0.1) is 0 Å². The normalized spacial score (nSPS) is 28.3. The van der Waals surface area contributed by atoms with Crippen LogP contribution in [0.3, 0.4) is 0 Å². The zero-order valence-electron chi connectivity index (χ0n) is 22.5. The third kappa shape index (κ3) is 4.21. The van der Waals surface area contributed by atoms with Gasteiger partial charge in [0.2, 0.25) is 0 Å². The molecule has 0 saturated carbocycles. The highest BCUT2D eigenvalue weighted by atomic mass is 32.2. The Morgan fingerprint density at radius 3 is 1.87 bits per heavy atom. The van der Waals surface area contributed by atoms with E-state index in [1.807, 2.05) is 38.1 Å². The van der Waals surface area contributed by atoms with Crippen molar-refractivity contribution in [1.82, 2.24) is 0 Å². The summed E-state index contributed by atoms with van der Waals surface area (Å²) in [6.45, 7) is 3.85. The predicted molar refractivity (Wildman–Crippen MR) is 145 cm³/mol. The highest BCUT2D eigenvalue weighted by molar-refractivity contribution is 7.85. The van der Waals surface area contributed by atoms with E-state index in [0.717, 1.165) is 45.1 Å². The molecule has 7 nitrogen and oxygen atoms in total. The minimum atomic E-state index is -4.27. The maximum absolute atomic E-state index is 13.6. The SMILES string of the molecule is CC1(C(=O)OC2CC3C4OC4C(C2)[N+]3(C)C)c2ccccc2-c2ccccc21.Cc1ccc(S(=O)(=O)[O-])cc1. The molecule has 3 fully saturated rings. The molecule has 4 atom stereocenters. The Kier molecular flexibility index (Phi) is 6.04. The van der Waals surface area contributed by atoms with Crippen LogP contribution in [0.1, 0.15) is 36.5 Å². The van der Waals surface area contributed by atoms with Gasteiger partial charge in [0.05, 0.1) is 19.0 Å². The number of aryl methyl sites for hydroxylation is 1. The number of benzene rings is 3. The third-order valence-electron chi connectivity index (χ3n) is 9.25. The molecule has 4 aliphatic rings. The lowest BCUT2D eigenvalue weighted by Crippen LogP contribution is -2.60. The second kappa shape index (κ2) is 8.99. The van der Waals surface area contributed by atoms with Crippen molar-refractivity contribution in [3.8, 4) is 11.1 Å². The van der Waals surface area contributed by atoms with E-state index in [-0.39, 0.29) is 17.0 Å². The first-order chi connectivity index (χ1) is 18.4. The Hall–Kier alpha value is -3.04. The molecule has 2 bridgehead atoms. The molecule has 3 aromatic carbocycles. The van der Waals surface area contributed by atoms with Gasteiger partial charge in [0, 0.05) is 12.8 Å². The van der Waals surface area contributed by atoms with Gasteiger partial charge in [0.25, 0.3) is 0 Å². The summed E-state index contributed by atoms with van der Waals surface area (Å²) in [5, 5.41) is 0. The van der Waals surface area contributed by atoms with Crippen molar-refractivity contribution in [2.24, 2.45) is 0 Å². The van der Waals surface area contributed by atoms with Crippen LogP contribution in [-0.4, -0.2) is 67.9 Å². The third-order valence-corrected chi connectivity index (χ3v) is 10.1. The molecular weight excluding hydrogens is 514 g/mol. The minimum absolute atomic E-state index is 0.0122. The van der Waals surface area contributed by atoms with E-state index in [1.165, 1.54) is 12.1 Å². The van der Waals surface area contributed by atoms with Crippen LogP contribution < -0.4 is 0 Å². The number of rotatable bonds is 3. The monoisotopic (exact) mass is 547 g/mol. The van der Waals surface area contributed by atoms with Crippen LogP contribution in [0, 0.1) is 6.92 Å². The molecule has 0 amide bonds. The number of ether oxygens (including phenoxy) is 2. The van der Waals surface area contributed by atoms with Gasteiger partial charge in [-0.3, -0.25) is 4.79 Å². The fourth-order valence-electron chi connectivity index (χ4n) is 6.95. The van der Waals surface area contributed by atoms with Gasteiger partial charge in [-0.25, -0.2) is 8.42 Å². The van der Waals surface area contributed by atoms with Crippen molar-refractivity contribution < 1.29 is 31.7 Å². The van der Waals surface area contributed by atoms with Gasteiger partial charge >= 0.3 is 5.97 Å². The molecule has 8 heteroatoms. The second-order valence-electron chi connectivity index (χ2n) is 11.8. The molecule has 0 N–H and O–H groups in total. The van der Waals surface area contributed by atoms with Crippen LogP contribution in [0.5, 0.6) is 0 Å². The molecule has 39 heavy (non-hydrogen) atoms. The summed E-state index contributed by atoms with van der Waals surface area (Å²) < 4.78 is 44.3. The van der Waals surface area contributed by atoms with Crippen LogP contribution >= 0.6 is 0 Å². The molecule has 3 aliphatic heterocycles. The number of quaternary nitrogens is 1. The van der Waals surface area contributed by atoms with Gasteiger partial charge in [-0.1, -0.05) is 66.2 Å². The summed E-state index contributed by atoms with van der Waals surface area (Å²) in [6.07, 6.45) is 2.52. The number of carbonyl (C=O) groups is 1. The molecule has 204 valence electrons. The van der Waals surface area contributed by atoms with Gasteiger partial charge in [0.1, 0.15) is 45.9 Å². The average Bonchev–Trinajstić information content (AvgIpc) is 3.62. The van der Waals surface area contributed by atoms with E-state index in [2.05, 4.69) is 38.4 Å². The van der Waals surface area contributed by atoms with Crippen molar-refractivity contribution in [2.75, 3.05) is 14.1 Å². The zero-order valence-corrected chi connectivity index (χ0v) is 23.4. The van der Waals surface area contributed by atoms with Crippen LogP contribution in [0.4, 0.5) is 0 Å². The number of carbonyl (C=O) groups excluding carboxylic acids is 1. The van der Waals surface area contributed by atoms with Crippen LogP contribution in [0.25, 0.3) is 11.1 Å². The van der Waals surface area contributed by atoms with Crippen LogP contribution in [0.15, 0.2) is 77.7 Å². The van der Waals surface area contributed by atoms with Gasteiger partial charge in [-0.05, 0) is 48.2 Å². The van der Waals surface area contributed by atoms with E-state index in [0.29, 0.717) is 24.3 Å². The maximum Gasteiger partial charge on any atom is 0.321 e. The number of likely N-dealkylation sites (N-methyl/N-ethyl adjacent to an activating group) is 1. The van der Waals surface area contributed by atoms with Crippen LogP contribution in [0.2, 0.25) is 0 Å². The van der Waals surface area contributed by atoms with Crippen LogP contribution in [-0.2, 0) is 29.8 Å². The average molecular weight is 548 g/mol. The molecule has 0 aromatic heterocycles. The summed E-state index contributed by atoms with van der Waals surface area (Å²) >= 11 is 0. The molecule has 7 rings (SSSR count). The Bertz CT molecular complexity index is 1480. The topological polar surface area (TPSA) is 96.0 Å². The van der Waals surface area contributed by atoms with Gasteiger partial charge < -0.3 is 18.5 Å². The van der Waals surface area contributed by atoms with Gasteiger partial charge in [0.15, 0.2) is 0 Å². The molecule has 0 radical (unpaired) electrons. The summed E-state index contributed by atoms with van der Waals surface area (Å²) in [7, 11) is 0.329. The number of esters is 1. The largest absolute Gasteiger partial charge is 0.744 e. The Morgan fingerprint density at radius 2 is 1.38 bits per heavy atom. The van der Waals surface area contributed by atoms with E-state index in [4.69, 9.17) is 9.47 Å². The first kappa shape index (κ1) is 26.2. The first-order valence-electron chi connectivity index (χ1n) is 13.3. The lowest BCUT2D eigenvalue weighted by Gasteiger charge is -2.45. The minimum Gasteiger partial charge on any atom is -0.744 e.